The van der Waals surface area contributed by atoms with E-state index in [1.54, 1.807) is 13.8 Å². The Morgan fingerprint density at radius 2 is 2.24 bits per heavy atom. The maximum Gasteiger partial charge on any atom is 0.167 e. The van der Waals surface area contributed by atoms with Gasteiger partial charge >= 0.3 is 0 Å². The molecule has 1 fully saturated rings. The summed E-state index contributed by atoms with van der Waals surface area (Å²) in [6, 6.07) is 1.87. The lowest BCUT2D eigenvalue weighted by molar-refractivity contribution is 0.373. The minimum atomic E-state index is -0.479. The van der Waals surface area contributed by atoms with Gasteiger partial charge in [0.25, 0.3) is 0 Å². The van der Waals surface area contributed by atoms with Gasteiger partial charge in [-0.25, -0.2) is 4.39 Å². The zero-order valence-corrected chi connectivity index (χ0v) is 10.5. The highest BCUT2D eigenvalue weighted by Gasteiger charge is 2.18. The maximum atomic E-state index is 13.5. The van der Waals surface area contributed by atoms with Gasteiger partial charge in [0.2, 0.25) is 0 Å². The van der Waals surface area contributed by atoms with E-state index in [9.17, 15) is 9.50 Å². The molecular weight excluding hydrogens is 217 g/mol. The third-order valence-corrected chi connectivity index (χ3v) is 3.69. The summed E-state index contributed by atoms with van der Waals surface area (Å²) in [5.41, 5.74) is 2.31. The number of piperidine rings is 1. The Morgan fingerprint density at radius 3 is 2.88 bits per heavy atom. The van der Waals surface area contributed by atoms with E-state index >= 15 is 0 Å². The van der Waals surface area contributed by atoms with Gasteiger partial charge in [0, 0.05) is 0 Å². The lowest BCUT2D eigenvalue weighted by atomic mass is 9.89. The van der Waals surface area contributed by atoms with E-state index in [-0.39, 0.29) is 5.75 Å². The van der Waals surface area contributed by atoms with Crippen LogP contribution in [0.1, 0.15) is 29.5 Å². The van der Waals surface area contributed by atoms with Gasteiger partial charge in [0.15, 0.2) is 11.6 Å². The molecule has 1 saturated heterocycles. The molecule has 1 heterocycles. The third-order valence-electron chi connectivity index (χ3n) is 3.69. The van der Waals surface area contributed by atoms with Crippen LogP contribution in [0.25, 0.3) is 0 Å². The number of benzene rings is 1. The standard InChI is InChI=1S/C14H20FNO/c1-9-6-12(10(2)14(17)13(9)15)7-11-4-3-5-16-8-11/h6,11,16-17H,3-5,7-8H2,1-2H3. The van der Waals surface area contributed by atoms with Crippen LogP contribution in [0.15, 0.2) is 6.07 Å². The summed E-state index contributed by atoms with van der Waals surface area (Å²) < 4.78 is 13.5. The van der Waals surface area contributed by atoms with E-state index in [4.69, 9.17) is 0 Å². The van der Waals surface area contributed by atoms with Crippen molar-refractivity contribution in [1.29, 1.82) is 0 Å². The van der Waals surface area contributed by atoms with Crippen LogP contribution in [0.5, 0.6) is 5.75 Å². The summed E-state index contributed by atoms with van der Waals surface area (Å²) in [5.74, 6) is -0.0523. The number of phenolic OH excluding ortho intramolecular Hbond substituents is 1. The van der Waals surface area contributed by atoms with Crippen molar-refractivity contribution >= 4 is 0 Å². The lowest BCUT2D eigenvalue weighted by Crippen LogP contribution is -2.31. The van der Waals surface area contributed by atoms with Gasteiger partial charge in [0.1, 0.15) is 0 Å². The third kappa shape index (κ3) is 2.60. The molecule has 1 aliphatic heterocycles. The predicted octanol–water partition coefficient (Wildman–Crippen LogP) is 2.69. The van der Waals surface area contributed by atoms with Crippen molar-refractivity contribution in [2.24, 2.45) is 5.92 Å². The highest BCUT2D eigenvalue weighted by Crippen LogP contribution is 2.29. The molecular formula is C14H20FNO. The number of hydrogen-bond donors (Lipinski definition) is 2. The molecule has 0 aliphatic carbocycles. The summed E-state index contributed by atoms with van der Waals surface area (Å²) in [7, 11) is 0. The van der Waals surface area contributed by atoms with Crippen LogP contribution in [0.3, 0.4) is 0 Å². The molecule has 0 aromatic heterocycles. The van der Waals surface area contributed by atoms with Gasteiger partial charge in [-0.2, -0.15) is 0 Å². The van der Waals surface area contributed by atoms with Gasteiger partial charge in [0.05, 0.1) is 0 Å². The summed E-state index contributed by atoms with van der Waals surface area (Å²) in [6.07, 6.45) is 3.34. The lowest BCUT2D eigenvalue weighted by Gasteiger charge is -2.24. The molecule has 1 aromatic rings. The number of phenols is 1. The van der Waals surface area contributed by atoms with Crippen LogP contribution >= 0.6 is 0 Å². The molecule has 0 saturated carbocycles. The molecule has 2 nitrogen and oxygen atoms in total. The largest absolute Gasteiger partial charge is 0.505 e. The number of aryl methyl sites for hydroxylation is 1. The van der Waals surface area contributed by atoms with Gasteiger partial charge in [-0.15, -0.1) is 0 Å². The summed E-state index contributed by atoms with van der Waals surface area (Å²) in [6.45, 7) is 5.63. The molecule has 3 heteroatoms. The molecule has 2 N–H and O–H groups in total. The molecule has 94 valence electrons. The summed E-state index contributed by atoms with van der Waals surface area (Å²) >= 11 is 0. The number of rotatable bonds is 2. The highest BCUT2D eigenvalue weighted by molar-refractivity contribution is 5.43. The topological polar surface area (TPSA) is 32.3 Å². The predicted molar refractivity (Wildman–Crippen MR) is 66.8 cm³/mol. The van der Waals surface area contributed by atoms with E-state index in [1.165, 1.54) is 12.8 Å². The number of aromatic hydroxyl groups is 1. The van der Waals surface area contributed by atoms with Crippen LogP contribution < -0.4 is 5.32 Å². The number of hydrogen-bond acceptors (Lipinski definition) is 2. The maximum absolute atomic E-state index is 13.5. The molecule has 1 aromatic carbocycles. The number of nitrogens with one attached hydrogen (secondary N) is 1. The molecule has 0 amide bonds. The summed E-state index contributed by atoms with van der Waals surface area (Å²) in [4.78, 5) is 0. The van der Waals surface area contributed by atoms with Crippen molar-refractivity contribution in [2.45, 2.75) is 33.1 Å². The van der Waals surface area contributed by atoms with Crippen LogP contribution in [0.4, 0.5) is 4.39 Å². The molecule has 1 unspecified atom stereocenters. The molecule has 1 aliphatic rings. The van der Waals surface area contributed by atoms with E-state index in [2.05, 4.69) is 5.32 Å². The SMILES string of the molecule is Cc1cc(CC2CCCNC2)c(C)c(O)c1F. The first kappa shape index (κ1) is 12.4. The monoisotopic (exact) mass is 237 g/mol. The average Bonchev–Trinajstić information content (AvgIpc) is 2.35. The first-order valence-corrected chi connectivity index (χ1v) is 6.28. The second-order valence-corrected chi connectivity index (χ2v) is 5.06. The Morgan fingerprint density at radius 1 is 1.47 bits per heavy atom. The molecule has 0 bridgehead atoms. The average molecular weight is 237 g/mol. The van der Waals surface area contributed by atoms with Crippen molar-refractivity contribution < 1.29 is 9.50 Å². The molecule has 2 rings (SSSR count). The molecule has 1 atom stereocenters. The zero-order valence-electron chi connectivity index (χ0n) is 10.5. The van der Waals surface area contributed by atoms with Crippen LogP contribution in [-0.4, -0.2) is 18.2 Å². The van der Waals surface area contributed by atoms with Gasteiger partial charge in [-0.1, -0.05) is 6.07 Å². The van der Waals surface area contributed by atoms with Crippen molar-refractivity contribution in [2.75, 3.05) is 13.1 Å². The van der Waals surface area contributed by atoms with Crippen molar-refractivity contribution in [3.8, 4) is 5.75 Å². The Labute approximate surface area is 102 Å². The fourth-order valence-corrected chi connectivity index (χ4v) is 2.56. The quantitative estimate of drug-likeness (QED) is 0.829. The van der Waals surface area contributed by atoms with Crippen molar-refractivity contribution in [3.05, 3.63) is 28.6 Å². The minimum absolute atomic E-state index is 0.177. The summed E-state index contributed by atoms with van der Waals surface area (Å²) in [5, 5.41) is 13.1. The van der Waals surface area contributed by atoms with Crippen LogP contribution in [0, 0.1) is 25.6 Å². The molecule has 0 spiro atoms. The fraction of sp³-hybridized carbons (Fsp3) is 0.571. The number of halogens is 1. The van der Waals surface area contributed by atoms with Gasteiger partial charge in [-0.05, 0) is 68.8 Å². The molecule has 17 heavy (non-hydrogen) atoms. The van der Waals surface area contributed by atoms with E-state index in [0.717, 1.165) is 25.1 Å². The Bertz CT molecular complexity index is 411. The van der Waals surface area contributed by atoms with Crippen LogP contribution in [0.2, 0.25) is 0 Å². The fourth-order valence-electron chi connectivity index (χ4n) is 2.56. The smallest absolute Gasteiger partial charge is 0.167 e. The highest BCUT2D eigenvalue weighted by atomic mass is 19.1. The Kier molecular flexibility index (Phi) is 3.67. The Balaban J connectivity index is 2.20. The second kappa shape index (κ2) is 5.05. The van der Waals surface area contributed by atoms with E-state index in [1.807, 2.05) is 6.07 Å². The Hall–Kier alpha value is -1.09. The van der Waals surface area contributed by atoms with Crippen LogP contribution in [-0.2, 0) is 6.42 Å². The minimum Gasteiger partial charge on any atom is -0.505 e. The van der Waals surface area contributed by atoms with Gasteiger partial charge < -0.3 is 10.4 Å². The zero-order chi connectivity index (χ0) is 12.4. The first-order valence-electron chi connectivity index (χ1n) is 6.28. The van der Waals surface area contributed by atoms with E-state index in [0.29, 0.717) is 17.0 Å². The van der Waals surface area contributed by atoms with E-state index < -0.39 is 5.82 Å². The van der Waals surface area contributed by atoms with Crippen molar-refractivity contribution in [1.82, 2.24) is 5.32 Å². The normalized spacial score (nSPS) is 20.5. The molecule has 0 radical (unpaired) electrons. The van der Waals surface area contributed by atoms with Gasteiger partial charge in [-0.3, -0.25) is 0 Å². The second-order valence-electron chi connectivity index (χ2n) is 5.06. The first-order chi connectivity index (χ1) is 8.09. The van der Waals surface area contributed by atoms with Crippen molar-refractivity contribution in [3.63, 3.8) is 0 Å².